The van der Waals surface area contributed by atoms with E-state index in [-0.39, 0.29) is 5.78 Å². The summed E-state index contributed by atoms with van der Waals surface area (Å²) in [4.78, 5) is 34.4. The van der Waals surface area contributed by atoms with Gasteiger partial charge in [0, 0.05) is 11.1 Å². The predicted octanol–water partition coefficient (Wildman–Crippen LogP) is 2.02. The first kappa shape index (κ1) is 17.1. The average molecular weight is 330 g/mol. The van der Waals surface area contributed by atoms with Crippen LogP contribution in [0.25, 0.3) is 0 Å². The van der Waals surface area contributed by atoms with E-state index in [1.807, 2.05) is 5.32 Å². The molecule has 0 saturated heterocycles. The molecule has 0 radical (unpaired) electrons. The number of carbonyl (C=O) groups excluding carboxylic acids is 3. The first-order valence-electron chi connectivity index (χ1n) is 7.04. The van der Waals surface area contributed by atoms with Crippen molar-refractivity contribution in [3.05, 3.63) is 65.5 Å². The highest BCUT2D eigenvalue weighted by atomic mass is 19.1. The zero-order valence-corrected chi connectivity index (χ0v) is 12.8. The molecule has 0 aliphatic carbocycles. The molecule has 3 amide bonds. The molecule has 0 fully saturated rings. The number of rotatable bonds is 5. The fourth-order valence-electron chi connectivity index (χ4n) is 1.93. The monoisotopic (exact) mass is 330 g/mol. The molecular weight excluding hydrogens is 315 g/mol. The minimum atomic E-state index is -0.962. The Kier molecular flexibility index (Phi) is 5.26. The highest BCUT2D eigenvalue weighted by Gasteiger charge is 2.16. The molecule has 0 bridgehead atoms. The maximum Gasteiger partial charge on any atom is 0.318 e. The number of nitrogens with two attached hydrogens (primary N) is 1. The molecule has 2 aromatic carbocycles. The average Bonchev–Trinajstić information content (AvgIpc) is 2.55. The van der Waals surface area contributed by atoms with Crippen molar-refractivity contribution in [3.63, 3.8) is 0 Å². The highest BCUT2D eigenvalue weighted by Crippen LogP contribution is 2.17. The molecule has 0 aliphatic rings. The Morgan fingerprint density at radius 3 is 2.00 bits per heavy atom. The second-order valence-electron chi connectivity index (χ2n) is 4.97. The maximum absolute atomic E-state index is 12.9. The molecule has 6 nitrogen and oxygen atoms in total. The maximum atomic E-state index is 12.9. The molecule has 0 aromatic heterocycles. The van der Waals surface area contributed by atoms with E-state index in [2.05, 4.69) is 0 Å². The molecule has 1 unspecified atom stereocenters. The third-order valence-electron chi connectivity index (χ3n) is 3.15. The van der Waals surface area contributed by atoms with Gasteiger partial charge in [-0.25, -0.2) is 9.18 Å². The summed E-state index contributed by atoms with van der Waals surface area (Å²) in [6.45, 7) is 1.45. The van der Waals surface area contributed by atoms with Crippen LogP contribution in [0.5, 0.6) is 5.75 Å². The van der Waals surface area contributed by atoms with Gasteiger partial charge in [0.2, 0.25) is 0 Å². The van der Waals surface area contributed by atoms with Crippen LogP contribution < -0.4 is 15.8 Å². The van der Waals surface area contributed by atoms with Gasteiger partial charge in [-0.1, -0.05) is 0 Å². The van der Waals surface area contributed by atoms with Crippen molar-refractivity contribution in [2.24, 2.45) is 5.73 Å². The van der Waals surface area contributed by atoms with Crippen LogP contribution in [0.1, 0.15) is 22.8 Å². The summed E-state index contributed by atoms with van der Waals surface area (Å²) in [5.41, 5.74) is 5.61. The second-order valence-corrected chi connectivity index (χ2v) is 4.97. The van der Waals surface area contributed by atoms with Gasteiger partial charge in [0.05, 0.1) is 0 Å². The normalized spacial score (nSPS) is 11.4. The quantitative estimate of drug-likeness (QED) is 0.819. The Labute approximate surface area is 137 Å². The van der Waals surface area contributed by atoms with Crippen molar-refractivity contribution in [1.29, 1.82) is 0 Å². The molecule has 2 rings (SSSR count). The smallest absolute Gasteiger partial charge is 0.318 e. The number of ether oxygens (including phenoxy) is 1. The van der Waals surface area contributed by atoms with Crippen molar-refractivity contribution in [2.75, 3.05) is 0 Å². The number of ketones is 1. The standard InChI is InChI=1S/C17H15FN2O4/c1-10(16(22)20-17(19)23)24-14-8-4-12(5-9-14)15(21)11-2-6-13(18)7-3-11/h2-10H,1H3,(H3,19,20,22,23). The van der Waals surface area contributed by atoms with E-state index >= 15 is 0 Å². The summed E-state index contributed by atoms with van der Waals surface area (Å²) < 4.78 is 18.2. The fourth-order valence-corrected chi connectivity index (χ4v) is 1.93. The summed E-state index contributed by atoms with van der Waals surface area (Å²) in [6, 6.07) is 10.4. The van der Waals surface area contributed by atoms with Crippen molar-refractivity contribution >= 4 is 17.7 Å². The van der Waals surface area contributed by atoms with Gasteiger partial charge in [-0.2, -0.15) is 0 Å². The molecule has 7 heteroatoms. The third-order valence-corrected chi connectivity index (χ3v) is 3.15. The van der Waals surface area contributed by atoms with Gasteiger partial charge in [0.25, 0.3) is 5.91 Å². The Morgan fingerprint density at radius 2 is 1.50 bits per heavy atom. The number of benzene rings is 2. The number of primary amides is 1. The largest absolute Gasteiger partial charge is 0.481 e. The fraction of sp³-hybridized carbons (Fsp3) is 0.118. The van der Waals surface area contributed by atoms with Crippen molar-refractivity contribution < 1.29 is 23.5 Å². The summed E-state index contributed by atoms with van der Waals surface area (Å²) in [5.74, 6) is -1.01. The molecule has 0 spiro atoms. The molecule has 3 N–H and O–H groups in total. The van der Waals surface area contributed by atoms with Crippen LogP contribution in [0.3, 0.4) is 0 Å². The zero-order chi connectivity index (χ0) is 17.7. The lowest BCUT2D eigenvalue weighted by Crippen LogP contribution is -2.42. The lowest BCUT2D eigenvalue weighted by atomic mass is 10.0. The zero-order valence-electron chi connectivity index (χ0n) is 12.8. The van der Waals surface area contributed by atoms with Crippen LogP contribution in [0.4, 0.5) is 9.18 Å². The Hall–Kier alpha value is -3.22. The van der Waals surface area contributed by atoms with Crippen LogP contribution in [0.15, 0.2) is 48.5 Å². The molecule has 24 heavy (non-hydrogen) atoms. The predicted molar refractivity (Wildman–Crippen MR) is 84.1 cm³/mol. The van der Waals surface area contributed by atoms with Crippen LogP contribution in [0, 0.1) is 5.82 Å². The van der Waals surface area contributed by atoms with Gasteiger partial charge in [0.1, 0.15) is 11.6 Å². The third kappa shape index (κ3) is 4.39. The number of amides is 3. The molecule has 0 aliphatic heterocycles. The number of imide groups is 1. The molecule has 1 atom stereocenters. The first-order chi connectivity index (χ1) is 11.4. The van der Waals surface area contributed by atoms with E-state index in [1.165, 1.54) is 55.5 Å². The summed E-state index contributed by atoms with van der Waals surface area (Å²) in [5, 5.41) is 1.91. The number of nitrogens with one attached hydrogen (secondary N) is 1. The van der Waals surface area contributed by atoms with Gasteiger partial charge in [0.15, 0.2) is 11.9 Å². The van der Waals surface area contributed by atoms with E-state index in [0.717, 1.165) is 0 Å². The lowest BCUT2D eigenvalue weighted by Gasteiger charge is -2.13. The summed E-state index contributed by atoms with van der Waals surface area (Å²) >= 11 is 0. The molecule has 124 valence electrons. The van der Waals surface area contributed by atoms with E-state index in [4.69, 9.17) is 10.5 Å². The van der Waals surface area contributed by atoms with Crippen LogP contribution in [-0.2, 0) is 4.79 Å². The minimum Gasteiger partial charge on any atom is -0.481 e. The number of halogens is 1. The minimum absolute atomic E-state index is 0.263. The van der Waals surface area contributed by atoms with E-state index < -0.39 is 23.9 Å². The van der Waals surface area contributed by atoms with Crippen LogP contribution >= 0.6 is 0 Å². The van der Waals surface area contributed by atoms with E-state index in [1.54, 1.807) is 0 Å². The topological polar surface area (TPSA) is 98.5 Å². The second kappa shape index (κ2) is 7.36. The molecular formula is C17H15FN2O4. The van der Waals surface area contributed by atoms with E-state index in [0.29, 0.717) is 16.9 Å². The SMILES string of the molecule is CC(Oc1ccc(C(=O)c2ccc(F)cc2)cc1)C(=O)NC(N)=O. The number of carbonyl (C=O) groups is 3. The highest BCUT2D eigenvalue weighted by molar-refractivity contribution is 6.09. The van der Waals surface area contributed by atoms with Gasteiger partial charge >= 0.3 is 6.03 Å². The first-order valence-corrected chi connectivity index (χ1v) is 7.04. The van der Waals surface area contributed by atoms with Crippen LogP contribution in [0.2, 0.25) is 0 Å². The van der Waals surface area contributed by atoms with Gasteiger partial charge in [-0.3, -0.25) is 14.9 Å². The van der Waals surface area contributed by atoms with Crippen LogP contribution in [-0.4, -0.2) is 23.8 Å². The van der Waals surface area contributed by atoms with Gasteiger partial charge in [-0.15, -0.1) is 0 Å². The van der Waals surface area contributed by atoms with Crippen molar-refractivity contribution in [1.82, 2.24) is 5.32 Å². The Balaban J connectivity index is 2.05. The number of hydrogen-bond donors (Lipinski definition) is 2. The van der Waals surface area contributed by atoms with E-state index in [9.17, 15) is 18.8 Å². The van der Waals surface area contributed by atoms with Gasteiger partial charge < -0.3 is 10.5 Å². The molecule has 2 aromatic rings. The Morgan fingerprint density at radius 1 is 1.00 bits per heavy atom. The number of hydrogen-bond acceptors (Lipinski definition) is 4. The van der Waals surface area contributed by atoms with Crippen molar-refractivity contribution in [3.8, 4) is 5.75 Å². The van der Waals surface area contributed by atoms with Crippen molar-refractivity contribution in [2.45, 2.75) is 13.0 Å². The lowest BCUT2D eigenvalue weighted by molar-refractivity contribution is -0.126. The summed E-state index contributed by atoms with van der Waals surface area (Å²) in [7, 11) is 0. The Bertz CT molecular complexity index is 757. The number of urea groups is 1. The summed E-state index contributed by atoms with van der Waals surface area (Å²) in [6.07, 6.45) is -0.934. The molecule has 0 heterocycles. The van der Waals surface area contributed by atoms with Gasteiger partial charge in [-0.05, 0) is 55.5 Å². The molecule has 0 saturated carbocycles.